The number of nitrogens with zero attached hydrogens (tertiary/aromatic N) is 5. The lowest BCUT2D eigenvalue weighted by Gasteiger charge is -2.06. The Kier molecular flexibility index (Phi) is 2.44. The third kappa shape index (κ3) is 1.79. The second kappa shape index (κ2) is 4.10. The Bertz CT molecular complexity index is 667. The number of aryl methyl sites for hydroxylation is 2. The van der Waals surface area contributed by atoms with E-state index in [1.807, 2.05) is 53.6 Å². The minimum absolute atomic E-state index is 0.812. The molecule has 0 spiro atoms. The van der Waals surface area contributed by atoms with Gasteiger partial charge in [-0.25, -0.2) is 14.6 Å². The van der Waals surface area contributed by atoms with Gasteiger partial charge in [-0.1, -0.05) is 6.07 Å². The molecular weight excluding hydrogens is 226 g/mol. The lowest BCUT2D eigenvalue weighted by atomic mass is 10.4. The summed E-state index contributed by atoms with van der Waals surface area (Å²) in [4.78, 5) is 8.61. The Morgan fingerprint density at radius 1 is 1.11 bits per heavy atom. The Balaban J connectivity index is 2.09. The zero-order valence-electron chi connectivity index (χ0n) is 10.3. The number of aromatic nitrogens is 5. The van der Waals surface area contributed by atoms with E-state index in [4.69, 9.17) is 0 Å². The standard InChI is InChI=1S/C13H13N5/c1-10-8-11(2)18(16-10)13-5-3-4-12(15-13)17-7-6-14-9-17/h3-9H,1-2H3. The van der Waals surface area contributed by atoms with Crippen LogP contribution in [0.4, 0.5) is 0 Å². The first kappa shape index (κ1) is 10.7. The van der Waals surface area contributed by atoms with Crippen LogP contribution in [-0.4, -0.2) is 24.3 Å². The number of hydrogen-bond acceptors (Lipinski definition) is 3. The quantitative estimate of drug-likeness (QED) is 0.687. The predicted molar refractivity (Wildman–Crippen MR) is 68.0 cm³/mol. The van der Waals surface area contributed by atoms with Crippen molar-refractivity contribution in [2.75, 3.05) is 0 Å². The summed E-state index contributed by atoms with van der Waals surface area (Å²) in [5.41, 5.74) is 2.06. The first-order valence-electron chi connectivity index (χ1n) is 5.73. The highest BCUT2D eigenvalue weighted by atomic mass is 15.3. The summed E-state index contributed by atoms with van der Waals surface area (Å²) in [6, 6.07) is 7.89. The van der Waals surface area contributed by atoms with E-state index in [2.05, 4.69) is 15.1 Å². The molecule has 5 nitrogen and oxygen atoms in total. The Morgan fingerprint density at radius 3 is 2.61 bits per heavy atom. The summed E-state index contributed by atoms with van der Waals surface area (Å²) in [5.74, 6) is 1.64. The molecule has 0 fully saturated rings. The van der Waals surface area contributed by atoms with Crippen LogP contribution in [0, 0.1) is 13.8 Å². The topological polar surface area (TPSA) is 48.5 Å². The van der Waals surface area contributed by atoms with Crippen molar-refractivity contribution >= 4 is 0 Å². The average molecular weight is 239 g/mol. The van der Waals surface area contributed by atoms with E-state index in [1.54, 1.807) is 12.5 Å². The molecule has 3 heterocycles. The van der Waals surface area contributed by atoms with Gasteiger partial charge in [0.15, 0.2) is 5.82 Å². The number of hydrogen-bond donors (Lipinski definition) is 0. The van der Waals surface area contributed by atoms with Crippen molar-refractivity contribution in [3.63, 3.8) is 0 Å². The highest BCUT2D eigenvalue weighted by molar-refractivity contribution is 5.33. The number of imidazole rings is 1. The summed E-state index contributed by atoms with van der Waals surface area (Å²) in [6.45, 7) is 3.99. The van der Waals surface area contributed by atoms with E-state index < -0.39 is 0 Å². The van der Waals surface area contributed by atoms with Gasteiger partial charge in [0, 0.05) is 18.1 Å². The number of pyridine rings is 1. The van der Waals surface area contributed by atoms with Crippen LogP contribution in [0.3, 0.4) is 0 Å². The molecule has 0 aromatic carbocycles. The molecule has 0 amide bonds. The molecule has 0 saturated heterocycles. The van der Waals surface area contributed by atoms with Crippen molar-refractivity contribution in [2.45, 2.75) is 13.8 Å². The maximum atomic E-state index is 4.58. The molecule has 0 aliphatic carbocycles. The maximum absolute atomic E-state index is 4.58. The summed E-state index contributed by atoms with van der Waals surface area (Å²) in [7, 11) is 0. The van der Waals surface area contributed by atoms with E-state index in [0.29, 0.717) is 0 Å². The highest BCUT2D eigenvalue weighted by Gasteiger charge is 2.06. The number of rotatable bonds is 2. The van der Waals surface area contributed by atoms with Crippen LogP contribution in [0.1, 0.15) is 11.4 Å². The molecule has 90 valence electrons. The normalized spacial score (nSPS) is 10.8. The molecule has 3 rings (SSSR count). The molecule has 0 aliphatic heterocycles. The average Bonchev–Trinajstić information content (AvgIpc) is 2.99. The fourth-order valence-electron chi connectivity index (χ4n) is 1.93. The molecular formula is C13H13N5. The van der Waals surface area contributed by atoms with E-state index in [9.17, 15) is 0 Å². The van der Waals surface area contributed by atoms with Crippen molar-refractivity contribution in [1.29, 1.82) is 0 Å². The van der Waals surface area contributed by atoms with Gasteiger partial charge in [-0.3, -0.25) is 4.57 Å². The first-order valence-corrected chi connectivity index (χ1v) is 5.73. The zero-order valence-corrected chi connectivity index (χ0v) is 10.3. The zero-order chi connectivity index (χ0) is 12.5. The second-order valence-electron chi connectivity index (χ2n) is 4.16. The fourth-order valence-corrected chi connectivity index (χ4v) is 1.93. The highest BCUT2D eigenvalue weighted by Crippen LogP contribution is 2.12. The van der Waals surface area contributed by atoms with Crippen LogP contribution in [-0.2, 0) is 0 Å². The van der Waals surface area contributed by atoms with Crippen molar-refractivity contribution in [3.8, 4) is 11.6 Å². The SMILES string of the molecule is Cc1cc(C)n(-c2cccc(-n3ccnc3)n2)n1. The van der Waals surface area contributed by atoms with Crippen molar-refractivity contribution < 1.29 is 0 Å². The van der Waals surface area contributed by atoms with Crippen molar-refractivity contribution in [3.05, 3.63) is 54.4 Å². The van der Waals surface area contributed by atoms with Gasteiger partial charge in [-0.2, -0.15) is 5.10 Å². The lowest BCUT2D eigenvalue weighted by molar-refractivity contribution is 0.798. The van der Waals surface area contributed by atoms with Crippen molar-refractivity contribution in [1.82, 2.24) is 24.3 Å². The summed E-state index contributed by atoms with van der Waals surface area (Å²) >= 11 is 0. The van der Waals surface area contributed by atoms with Gasteiger partial charge in [0.1, 0.15) is 12.1 Å². The molecule has 3 aromatic rings. The van der Waals surface area contributed by atoms with Gasteiger partial charge in [-0.15, -0.1) is 0 Å². The first-order chi connectivity index (χ1) is 8.74. The van der Waals surface area contributed by atoms with Gasteiger partial charge in [-0.05, 0) is 32.0 Å². The van der Waals surface area contributed by atoms with Crippen LogP contribution in [0.25, 0.3) is 11.6 Å². The molecule has 0 N–H and O–H groups in total. The molecule has 0 saturated carbocycles. The largest absolute Gasteiger partial charge is 0.290 e. The molecule has 0 radical (unpaired) electrons. The van der Waals surface area contributed by atoms with Gasteiger partial charge in [0.05, 0.1) is 5.69 Å². The maximum Gasteiger partial charge on any atom is 0.156 e. The van der Waals surface area contributed by atoms with Crippen LogP contribution in [0.15, 0.2) is 43.0 Å². The van der Waals surface area contributed by atoms with Crippen LogP contribution in [0.5, 0.6) is 0 Å². The van der Waals surface area contributed by atoms with Crippen molar-refractivity contribution in [2.24, 2.45) is 0 Å². The van der Waals surface area contributed by atoms with E-state index in [-0.39, 0.29) is 0 Å². The lowest BCUT2D eigenvalue weighted by Crippen LogP contribution is -2.04. The molecule has 3 aromatic heterocycles. The Hall–Kier alpha value is -2.43. The summed E-state index contributed by atoms with van der Waals surface area (Å²) in [5, 5.41) is 4.43. The third-order valence-electron chi connectivity index (χ3n) is 2.72. The van der Waals surface area contributed by atoms with E-state index >= 15 is 0 Å². The van der Waals surface area contributed by atoms with Crippen LogP contribution < -0.4 is 0 Å². The van der Waals surface area contributed by atoms with E-state index in [0.717, 1.165) is 23.0 Å². The Morgan fingerprint density at radius 2 is 1.94 bits per heavy atom. The Labute approximate surface area is 105 Å². The third-order valence-corrected chi connectivity index (χ3v) is 2.72. The fraction of sp³-hybridized carbons (Fsp3) is 0.154. The van der Waals surface area contributed by atoms with Gasteiger partial charge in [0.25, 0.3) is 0 Å². The molecule has 0 atom stereocenters. The minimum atomic E-state index is 0.812. The second-order valence-corrected chi connectivity index (χ2v) is 4.16. The molecule has 0 unspecified atom stereocenters. The van der Waals surface area contributed by atoms with Gasteiger partial charge in [0.2, 0.25) is 0 Å². The van der Waals surface area contributed by atoms with Gasteiger partial charge >= 0.3 is 0 Å². The van der Waals surface area contributed by atoms with Crippen LogP contribution >= 0.6 is 0 Å². The smallest absolute Gasteiger partial charge is 0.156 e. The molecule has 0 bridgehead atoms. The molecule has 5 heteroatoms. The molecule has 18 heavy (non-hydrogen) atoms. The minimum Gasteiger partial charge on any atom is -0.290 e. The summed E-state index contributed by atoms with van der Waals surface area (Å²) < 4.78 is 3.71. The predicted octanol–water partition coefficient (Wildman–Crippen LogP) is 2.07. The van der Waals surface area contributed by atoms with Crippen LogP contribution in [0.2, 0.25) is 0 Å². The molecule has 0 aliphatic rings. The summed E-state index contributed by atoms with van der Waals surface area (Å²) in [6.07, 6.45) is 5.33. The van der Waals surface area contributed by atoms with E-state index in [1.165, 1.54) is 0 Å². The monoisotopic (exact) mass is 239 g/mol. The van der Waals surface area contributed by atoms with Gasteiger partial charge < -0.3 is 0 Å².